The number of aromatic nitrogens is 1. The average molecular weight is 282 g/mol. The molecule has 0 aliphatic carbocycles. The fraction of sp³-hybridized carbons (Fsp3) is 0.462. The van der Waals surface area contributed by atoms with Crippen LogP contribution in [-0.2, 0) is 4.79 Å². The minimum Gasteiger partial charge on any atom is -0.357 e. The van der Waals surface area contributed by atoms with Gasteiger partial charge in [0.15, 0.2) is 0 Å². The second kappa shape index (κ2) is 6.02. The van der Waals surface area contributed by atoms with Crippen LogP contribution in [0.15, 0.2) is 18.3 Å². The van der Waals surface area contributed by atoms with E-state index in [9.17, 15) is 9.59 Å². The van der Waals surface area contributed by atoms with Crippen molar-refractivity contribution in [1.82, 2.24) is 15.2 Å². The highest BCUT2D eigenvalue weighted by Crippen LogP contribution is 2.22. The average Bonchev–Trinajstić information content (AvgIpc) is 2.46. The zero-order valence-corrected chi connectivity index (χ0v) is 11.5. The van der Waals surface area contributed by atoms with E-state index in [0.29, 0.717) is 18.5 Å². The van der Waals surface area contributed by atoms with Gasteiger partial charge in [0, 0.05) is 19.8 Å². The number of amides is 2. The maximum absolute atomic E-state index is 12.5. The first-order valence-electron chi connectivity index (χ1n) is 6.28. The molecule has 2 rings (SSSR count). The Morgan fingerprint density at radius 1 is 1.47 bits per heavy atom. The van der Waals surface area contributed by atoms with Crippen molar-refractivity contribution < 1.29 is 9.59 Å². The number of carbonyl (C=O) groups is 2. The number of carbonyl (C=O) groups excluding carboxylic acids is 2. The number of hydrogen-bond donors (Lipinski definition) is 1. The molecule has 1 saturated heterocycles. The van der Waals surface area contributed by atoms with Gasteiger partial charge >= 0.3 is 0 Å². The molecule has 1 aliphatic rings. The van der Waals surface area contributed by atoms with E-state index < -0.39 is 6.04 Å². The highest BCUT2D eigenvalue weighted by Gasteiger charge is 2.32. The molecule has 1 N–H and O–H groups in total. The Bertz CT molecular complexity index is 493. The fourth-order valence-corrected chi connectivity index (χ4v) is 2.51. The molecule has 0 spiro atoms. The first-order chi connectivity index (χ1) is 9.15. The van der Waals surface area contributed by atoms with Crippen LogP contribution in [0.4, 0.5) is 0 Å². The number of rotatable bonds is 2. The van der Waals surface area contributed by atoms with Crippen LogP contribution < -0.4 is 5.32 Å². The minimum absolute atomic E-state index is 0.131. The number of likely N-dealkylation sites (tertiary alicyclic amines) is 1. The predicted molar refractivity (Wildman–Crippen MR) is 72.0 cm³/mol. The van der Waals surface area contributed by atoms with E-state index in [1.165, 1.54) is 6.20 Å². The van der Waals surface area contributed by atoms with Crippen molar-refractivity contribution in [3.63, 3.8) is 0 Å². The van der Waals surface area contributed by atoms with Crippen molar-refractivity contribution in [2.75, 3.05) is 13.6 Å². The zero-order valence-electron chi connectivity index (χ0n) is 10.7. The Balaban J connectivity index is 2.25. The van der Waals surface area contributed by atoms with Crippen molar-refractivity contribution in [2.24, 2.45) is 0 Å². The van der Waals surface area contributed by atoms with E-state index in [-0.39, 0.29) is 17.0 Å². The van der Waals surface area contributed by atoms with E-state index in [4.69, 9.17) is 11.6 Å². The van der Waals surface area contributed by atoms with Crippen molar-refractivity contribution in [2.45, 2.75) is 25.3 Å². The molecule has 0 bridgehead atoms. The van der Waals surface area contributed by atoms with Crippen LogP contribution in [0.2, 0.25) is 5.15 Å². The van der Waals surface area contributed by atoms with Gasteiger partial charge in [0.2, 0.25) is 5.91 Å². The van der Waals surface area contributed by atoms with Crippen LogP contribution >= 0.6 is 11.6 Å². The summed E-state index contributed by atoms with van der Waals surface area (Å²) in [6.45, 7) is 0.572. The van der Waals surface area contributed by atoms with Crippen LogP contribution in [-0.4, -0.2) is 41.3 Å². The molecular formula is C13H16ClN3O2. The number of nitrogens with one attached hydrogen (secondary N) is 1. The molecule has 1 aromatic rings. The van der Waals surface area contributed by atoms with Crippen molar-refractivity contribution in [3.8, 4) is 0 Å². The number of likely N-dealkylation sites (N-methyl/N-ethyl adjacent to an activating group) is 1. The van der Waals surface area contributed by atoms with E-state index in [0.717, 1.165) is 12.8 Å². The number of piperidine rings is 1. The largest absolute Gasteiger partial charge is 0.357 e. The summed E-state index contributed by atoms with van der Waals surface area (Å²) in [5.74, 6) is -0.362. The van der Waals surface area contributed by atoms with Crippen LogP contribution in [0.3, 0.4) is 0 Å². The van der Waals surface area contributed by atoms with Crippen LogP contribution in [0.25, 0.3) is 0 Å². The minimum atomic E-state index is -0.414. The van der Waals surface area contributed by atoms with Crippen molar-refractivity contribution >= 4 is 23.4 Å². The van der Waals surface area contributed by atoms with E-state index in [2.05, 4.69) is 10.3 Å². The number of hydrogen-bond acceptors (Lipinski definition) is 3. The van der Waals surface area contributed by atoms with Gasteiger partial charge in [-0.25, -0.2) is 4.98 Å². The number of nitrogens with zero attached hydrogens (tertiary/aromatic N) is 2. The monoisotopic (exact) mass is 281 g/mol. The molecule has 6 heteroatoms. The summed E-state index contributed by atoms with van der Waals surface area (Å²) in [7, 11) is 1.58. The summed E-state index contributed by atoms with van der Waals surface area (Å²) >= 11 is 5.94. The quantitative estimate of drug-likeness (QED) is 0.835. The molecule has 2 heterocycles. The van der Waals surface area contributed by atoms with Gasteiger partial charge in [-0.1, -0.05) is 11.6 Å². The van der Waals surface area contributed by atoms with Gasteiger partial charge in [-0.3, -0.25) is 9.59 Å². The molecular weight excluding hydrogens is 266 g/mol. The van der Waals surface area contributed by atoms with Crippen molar-refractivity contribution in [1.29, 1.82) is 0 Å². The van der Waals surface area contributed by atoms with Crippen molar-refractivity contribution in [3.05, 3.63) is 29.0 Å². The Morgan fingerprint density at radius 3 is 2.95 bits per heavy atom. The second-order valence-corrected chi connectivity index (χ2v) is 4.82. The lowest BCUT2D eigenvalue weighted by Crippen LogP contribution is -2.51. The van der Waals surface area contributed by atoms with Gasteiger partial charge in [-0.05, 0) is 31.4 Å². The third-order valence-electron chi connectivity index (χ3n) is 3.30. The summed E-state index contributed by atoms with van der Waals surface area (Å²) in [5.41, 5.74) is 0.347. The summed E-state index contributed by atoms with van der Waals surface area (Å²) in [6, 6.07) is 2.88. The molecule has 1 fully saturated rings. The van der Waals surface area contributed by atoms with E-state index in [1.807, 2.05) is 0 Å². The number of halogens is 1. The van der Waals surface area contributed by atoms with Gasteiger partial charge in [0.1, 0.15) is 11.2 Å². The molecule has 0 saturated carbocycles. The third-order valence-corrected chi connectivity index (χ3v) is 3.60. The molecule has 1 aliphatic heterocycles. The summed E-state index contributed by atoms with van der Waals surface area (Å²) in [5, 5.41) is 2.78. The van der Waals surface area contributed by atoms with Crippen LogP contribution in [0.5, 0.6) is 0 Å². The number of pyridine rings is 1. The Kier molecular flexibility index (Phi) is 4.37. The van der Waals surface area contributed by atoms with Crippen LogP contribution in [0.1, 0.15) is 29.6 Å². The van der Waals surface area contributed by atoms with E-state index in [1.54, 1.807) is 24.1 Å². The Labute approximate surface area is 117 Å². The molecule has 2 amide bonds. The Morgan fingerprint density at radius 2 is 2.26 bits per heavy atom. The standard InChI is InChI=1S/C13H16ClN3O2/c1-15-12(18)10-6-2-3-8-17(10)13(19)9-5-4-7-16-11(9)14/h4-5,7,10H,2-3,6,8H2,1H3,(H,15,18). The van der Waals surface area contributed by atoms with Crippen LogP contribution in [0, 0.1) is 0 Å². The maximum Gasteiger partial charge on any atom is 0.257 e. The lowest BCUT2D eigenvalue weighted by atomic mass is 10.0. The fourth-order valence-electron chi connectivity index (χ4n) is 2.31. The maximum atomic E-state index is 12.5. The molecule has 19 heavy (non-hydrogen) atoms. The topological polar surface area (TPSA) is 62.3 Å². The third kappa shape index (κ3) is 2.87. The molecule has 102 valence electrons. The van der Waals surface area contributed by atoms with Gasteiger partial charge < -0.3 is 10.2 Å². The first-order valence-corrected chi connectivity index (χ1v) is 6.66. The zero-order chi connectivity index (χ0) is 13.8. The first kappa shape index (κ1) is 13.8. The van der Waals surface area contributed by atoms with Gasteiger partial charge in [-0.2, -0.15) is 0 Å². The van der Waals surface area contributed by atoms with E-state index >= 15 is 0 Å². The lowest BCUT2D eigenvalue weighted by molar-refractivity contribution is -0.126. The SMILES string of the molecule is CNC(=O)C1CCCCN1C(=O)c1cccnc1Cl. The second-order valence-electron chi connectivity index (χ2n) is 4.47. The molecule has 5 nitrogen and oxygen atoms in total. The summed E-state index contributed by atoms with van der Waals surface area (Å²) < 4.78 is 0. The molecule has 0 aromatic carbocycles. The molecule has 1 unspecified atom stereocenters. The summed E-state index contributed by atoms with van der Waals surface area (Å²) in [4.78, 5) is 29.8. The molecule has 0 radical (unpaired) electrons. The van der Waals surface area contributed by atoms with Gasteiger partial charge in [0.25, 0.3) is 5.91 Å². The smallest absolute Gasteiger partial charge is 0.257 e. The molecule has 1 atom stereocenters. The van der Waals surface area contributed by atoms with Gasteiger partial charge in [-0.15, -0.1) is 0 Å². The Hall–Kier alpha value is -1.62. The van der Waals surface area contributed by atoms with Gasteiger partial charge in [0.05, 0.1) is 5.56 Å². The predicted octanol–water partition coefficient (Wildman–Crippen LogP) is 1.48. The summed E-state index contributed by atoms with van der Waals surface area (Å²) in [6.07, 6.45) is 4.06. The lowest BCUT2D eigenvalue weighted by Gasteiger charge is -2.34. The highest BCUT2D eigenvalue weighted by molar-refractivity contribution is 6.32. The highest BCUT2D eigenvalue weighted by atomic mass is 35.5. The normalized spacial score (nSPS) is 19.1. The molecule has 1 aromatic heterocycles.